The first-order valence-electron chi connectivity index (χ1n) is 10.1. The minimum atomic E-state index is -6.58. The van der Waals surface area contributed by atoms with Crippen molar-refractivity contribution in [2.24, 2.45) is 17.8 Å². The van der Waals surface area contributed by atoms with Gasteiger partial charge in [0.15, 0.2) is 22.2 Å². The van der Waals surface area contributed by atoms with E-state index in [-0.39, 0.29) is 17.7 Å². The van der Waals surface area contributed by atoms with E-state index in [0.717, 1.165) is 0 Å². The zero-order valence-corrected chi connectivity index (χ0v) is 24.9. The van der Waals surface area contributed by atoms with Gasteiger partial charge in [-0.2, -0.15) is 17.6 Å². The van der Waals surface area contributed by atoms with E-state index < -0.39 is 69.9 Å². The number of ether oxygens (including phenoxy) is 3. The molecule has 0 aromatic heterocycles. The van der Waals surface area contributed by atoms with Gasteiger partial charge < -0.3 is 18.8 Å². The molecule has 4 rings (SSSR count). The third kappa shape index (κ3) is 4.55. The lowest BCUT2D eigenvalue weighted by molar-refractivity contribution is -0.211. The molecule has 6 unspecified atom stereocenters. The standard InChI is InChI=1S/C20H17F4I3O7S/c1-6(2)17(28)32-16-11(26)5-10(25)12(13(16)27)18-33-14-7-3-8(15(14)34-18)9(4-7)19(21,22)20(23,24)35(29,30)31/h5,7-9,14-15,18H,1,3-4H2,2H3,(H,29,30,31)/p-1. The van der Waals surface area contributed by atoms with Gasteiger partial charge in [-0.15, -0.1) is 0 Å². The minimum Gasteiger partial charge on any atom is -0.743 e. The van der Waals surface area contributed by atoms with Crippen LogP contribution in [0.1, 0.15) is 31.6 Å². The SMILES string of the molecule is C=C(C)C(=O)Oc1c(I)cc(I)c(C2OC3C4CC(C3O2)C(C(F)(F)C(F)(F)S(=O)(=O)[O-])C4)c1I. The Balaban J connectivity index is 1.62. The summed E-state index contributed by atoms with van der Waals surface area (Å²) in [7, 11) is -6.58. The number of hydrogen-bond acceptors (Lipinski definition) is 7. The Labute approximate surface area is 238 Å². The van der Waals surface area contributed by atoms with Crippen molar-refractivity contribution in [3.8, 4) is 5.75 Å². The second-order valence-corrected chi connectivity index (χ2v) is 13.5. The molecule has 15 heteroatoms. The molecule has 6 atom stereocenters. The molecule has 2 aliphatic carbocycles. The molecular formula is C20H16F4I3O7S-. The van der Waals surface area contributed by atoms with Gasteiger partial charge in [-0.25, -0.2) is 13.2 Å². The van der Waals surface area contributed by atoms with E-state index >= 15 is 0 Å². The average molecular weight is 857 g/mol. The minimum absolute atomic E-state index is 0.0830. The van der Waals surface area contributed by atoms with Crippen molar-refractivity contribution < 1.29 is 49.5 Å². The second kappa shape index (κ2) is 9.42. The van der Waals surface area contributed by atoms with E-state index in [9.17, 15) is 35.3 Å². The highest BCUT2D eigenvalue weighted by Gasteiger charge is 2.72. The van der Waals surface area contributed by atoms with Gasteiger partial charge in [0.05, 0.1) is 19.3 Å². The fourth-order valence-corrected chi connectivity index (χ4v) is 9.53. The van der Waals surface area contributed by atoms with Crippen molar-refractivity contribution in [3.63, 3.8) is 0 Å². The van der Waals surface area contributed by atoms with Crippen LogP contribution in [-0.4, -0.2) is 42.3 Å². The molecule has 1 heterocycles. The summed E-state index contributed by atoms with van der Waals surface area (Å²) in [6.07, 6.45) is -3.06. The molecule has 7 nitrogen and oxygen atoms in total. The maximum atomic E-state index is 14.7. The van der Waals surface area contributed by atoms with E-state index in [0.29, 0.717) is 16.3 Å². The molecule has 0 N–H and O–H groups in total. The van der Waals surface area contributed by atoms with Crippen molar-refractivity contribution >= 4 is 83.9 Å². The summed E-state index contributed by atoms with van der Waals surface area (Å²) in [4.78, 5) is 12.1. The molecule has 2 saturated carbocycles. The molecule has 1 saturated heterocycles. The maximum absolute atomic E-state index is 14.7. The Hall–Kier alpha value is 0.170. The molecule has 194 valence electrons. The summed E-state index contributed by atoms with van der Waals surface area (Å²) in [6.45, 7) is 5.04. The molecule has 35 heavy (non-hydrogen) atoms. The maximum Gasteiger partial charge on any atom is 0.396 e. The van der Waals surface area contributed by atoms with Crippen molar-refractivity contribution in [1.82, 2.24) is 0 Å². The van der Waals surface area contributed by atoms with Crippen LogP contribution < -0.4 is 4.74 Å². The molecule has 2 bridgehead atoms. The van der Waals surface area contributed by atoms with Crippen LogP contribution in [0.4, 0.5) is 17.6 Å². The van der Waals surface area contributed by atoms with Gasteiger partial charge >= 0.3 is 17.1 Å². The first-order valence-corrected chi connectivity index (χ1v) is 14.7. The predicted octanol–water partition coefficient (Wildman–Crippen LogP) is 5.19. The Kier molecular flexibility index (Phi) is 7.59. The topological polar surface area (TPSA) is 102 Å². The predicted molar refractivity (Wildman–Crippen MR) is 137 cm³/mol. The summed E-state index contributed by atoms with van der Waals surface area (Å²) >= 11 is 5.96. The van der Waals surface area contributed by atoms with Crippen LogP contribution in [0.2, 0.25) is 0 Å². The van der Waals surface area contributed by atoms with Gasteiger partial charge in [0.1, 0.15) is 0 Å². The lowest BCUT2D eigenvalue weighted by Crippen LogP contribution is -2.55. The molecule has 3 aliphatic rings. The number of benzene rings is 1. The molecule has 1 aromatic carbocycles. The smallest absolute Gasteiger partial charge is 0.396 e. The quantitative estimate of drug-likeness (QED) is 0.0970. The van der Waals surface area contributed by atoms with Crippen molar-refractivity contribution in [1.29, 1.82) is 0 Å². The monoisotopic (exact) mass is 857 g/mol. The third-order valence-electron chi connectivity index (χ3n) is 6.53. The number of alkyl halides is 4. The lowest BCUT2D eigenvalue weighted by atomic mass is 9.81. The van der Waals surface area contributed by atoms with Crippen LogP contribution in [-0.2, 0) is 24.4 Å². The van der Waals surface area contributed by atoms with Gasteiger partial charge in [0, 0.05) is 20.6 Å². The number of rotatable bonds is 6. The van der Waals surface area contributed by atoms with Crippen molar-refractivity contribution in [3.05, 3.63) is 34.5 Å². The van der Waals surface area contributed by atoms with Gasteiger partial charge in [-0.1, -0.05) is 6.58 Å². The van der Waals surface area contributed by atoms with E-state index in [2.05, 4.69) is 6.58 Å². The molecule has 1 aliphatic heterocycles. The van der Waals surface area contributed by atoms with Crippen LogP contribution in [0, 0.1) is 28.5 Å². The third-order valence-corrected chi connectivity index (χ3v) is 10.2. The average Bonchev–Trinajstić information content (AvgIpc) is 3.41. The Morgan fingerprint density at radius 1 is 1.14 bits per heavy atom. The Morgan fingerprint density at radius 2 is 1.74 bits per heavy atom. The van der Waals surface area contributed by atoms with Crippen LogP contribution >= 0.6 is 67.8 Å². The number of esters is 1. The van der Waals surface area contributed by atoms with Crippen LogP contribution in [0.5, 0.6) is 5.75 Å². The first kappa shape index (κ1) is 28.2. The van der Waals surface area contributed by atoms with Gasteiger partial charge in [0.2, 0.25) is 0 Å². The van der Waals surface area contributed by atoms with E-state index in [1.807, 2.05) is 67.8 Å². The molecular weight excluding hydrogens is 841 g/mol. The van der Waals surface area contributed by atoms with Crippen molar-refractivity contribution in [2.75, 3.05) is 0 Å². The van der Waals surface area contributed by atoms with Crippen LogP contribution in [0.25, 0.3) is 0 Å². The summed E-state index contributed by atoms with van der Waals surface area (Å²) in [5, 5.41) is -5.74. The van der Waals surface area contributed by atoms with E-state index in [1.165, 1.54) is 6.92 Å². The number of halogens is 7. The van der Waals surface area contributed by atoms with Gasteiger partial charge in [0.25, 0.3) is 0 Å². The summed E-state index contributed by atoms with van der Waals surface area (Å²) in [6, 6.07) is 1.71. The highest BCUT2D eigenvalue weighted by Crippen LogP contribution is 2.62. The summed E-state index contributed by atoms with van der Waals surface area (Å²) < 4.78 is 109. The Morgan fingerprint density at radius 3 is 2.31 bits per heavy atom. The zero-order valence-electron chi connectivity index (χ0n) is 17.6. The molecule has 0 amide bonds. The number of fused-ring (bicyclic) bond motifs is 5. The van der Waals surface area contributed by atoms with Gasteiger partial charge in [-0.3, -0.25) is 0 Å². The number of hydrogen-bond donors (Lipinski definition) is 0. The van der Waals surface area contributed by atoms with Gasteiger partial charge in [-0.05, 0) is 105 Å². The van der Waals surface area contributed by atoms with Crippen LogP contribution in [0.15, 0.2) is 18.2 Å². The van der Waals surface area contributed by atoms with E-state index in [4.69, 9.17) is 14.2 Å². The highest BCUT2D eigenvalue weighted by molar-refractivity contribution is 14.1. The fourth-order valence-electron chi connectivity index (χ4n) is 4.95. The first-order chi connectivity index (χ1) is 16.0. The molecule has 3 fully saturated rings. The molecule has 0 spiro atoms. The fraction of sp³-hybridized carbons (Fsp3) is 0.550. The van der Waals surface area contributed by atoms with Crippen molar-refractivity contribution in [2.45, 2.75) is 49.4 Å². The zero-order chi connectivity index (χ0) is 26.2. The Bertz CT molecular complexity index is 1210. The summed E-state index contributed by atoms with van der Waals surface area (Å²) in [5.41, 5.74) is 0.667. The van der Waals surface area contributed by atoms with Crippen LogP contribution in [0.3, 0.4) is 0 Å². The molecule has 1 aromatic rings. The number of carbonyl (C=O) groups excluding carboxylic acids is 1. The van der Waals surface area contributed by atoms with E-state index in [1.54, 1.807) is 6.07 Å². The summed E-state index contributed by atoms with van der Waals surface area (Å²) in [5.74, 6) is -9.22. The highest BCUT2D eigenvalue weighted by atomic mass is 127. The number of carbonyl (C=O) groups is 1. The largest absolute Gasteiger partial charge is 0.743 e. The lowest BCUT2D eigenvalue weighted by Gasteiger charge is -2.38. The molecule has 0 radical (unpaired) electrons. The normalized spacial score (nSPS) is 30.4. The second-order valence-electron chi connectivity index (χ2n) is 8.70.